The van der Waals surface area contributed by atoms with Gasteiger partial charge >= 0.3 is 0 Å². The van der Waals surface area contributed by atoms with Gasteiger partial charge in [0.25, 0.3) is 5.91 Å². The molecular weight excluding hydrogens is 404 g/mol. The van der Waals surface area contributed by atoms with E-state index in [1.54, 1.807) is 6.07 Å². The molecule has 1 heterocycles. The Balaban J connectivity index is 1.69. The van der Waals surface area contributed by atoms with Gasteiger partial charge in [-0.05, 0) is 54.8 Å². The van der Waals surface area contributed by atoms with Gasteiger partial charge in [0.1, 0.15) is 11.0 Å². The van der Waals surface area contributed by atoms with Crippen molar-refractivity contribution in [2.24, 2.45) is 0 Å². The van der Waals surface area contributed by atoms with E-state index in [0.717, 1.165) is 22.6 Å². The van der Waals surface area contributed by atoms with Crippen LogP contribution in [0.4, 0.5) is 11.5 Å². The van der Waals surface area contributed by atoms with Gasteiger partial charge in [-0.3, -0.25) is 4.79 Å². The number of rotatable bonds is 6. The molecule has 3 rings (SSSR count). The Morgan fingerprint density at radius 3 is 2.59 bits per heavy atom. The van der Waals surface area contributed by atoms with Gasteiger partial charge in [0.2, 0.25) is 0 Å². The van der Waals surface area contributed by atoms with Gasteiger partial charge in [0.15, 0.2) is 5.16 Å². The summed E-state index contributed by atoms with van der Waals surface area (Å²) in [5.41, 5.74) is 4.76. The number of hydrogen-bond donors (Lipinski definition) is 1. The fourth-order valence-electron chi connectivity index (χ4n) is 2.65. The highest BCUT2D eigenvalue weighted by Gasteiger charge is 2.10. The number of nitrogens with zero attached hydrogens (tertiary/aromatic N) is 3. The highest BCUT2D eigenvalue weighted by atomic mass is 35.5. The fraction of sp³-hybridized carbons (Fsp3) is 0.227. The molecule has 0 saturated carbocycles. The summed E-state index contributed by atoms with van der Waals surface area (Å²) in [6, 6.07) is 15.2. The van der Waals surface area contributed by atoms with Crippen LogP contribution in [0.25, 0.3) is 0 Å². The summed E-state index contributed by atoms with van der Waals surface area (Å²) in [5, 5.41) is 3.97. The third-order valence-electron chi connectivity index (χ3n) is 4.44. The minimum Gasteiger partial charge on any atom is -0.363 e. The third-order valence-corrected chi connectivity index (χ3v) is 5.55. The molecule has 0 aliphatic heterocycles. The van der Waals surface area contributed by atoms with Gasteiger partial charge in [0.05, 0.1) is 0 Å². The zero-order chi connectivity index (χ0) is 21.0. The summed E-state index contributed by atoms with van der Waals surface area (Å²) in [6.45, 7) is 4.08. The second-order valence-electron chi connectivity index (χ2n) is 6.97. The predicted octanol–water partition coefficient (Wildman–Crippen LogP) is 5.36. The zero-order valence-electron chi connectivity index (χ0n) is 16.9. The summed E-state index contributed by atoms with van der Waals surface area (Å²) < 4.78 is 0. The Labute approximate surface area is 180 Å². The molecule has 0 fully saturated rings. The number of thioether (sulfide) groups is 1. The highest BCUT2D eigenvalue weighted by molar-refractivity contribution is 7.98. The molecule has 0 radical (unpaired) electrons. The predicted molar refractivity (Wildman–Crippen MR) is 121 cm³/mol. The van der Waals surface area contributed by atoms with E-state index in [2.05, 4.69) is 15.3 Å². The zero-order valence-corrected chi connectivity index (χ0v) is 18.4. The Morgan fingerprint density at radius 2 is 1.86 bits per heavy atom. The van der Waals surface area contributed by atoms with Crippen molar-refractivity contribution in [3.63, 3.8) is 0 Å². The molecule has 0 aliphatic rings. The number of carbonyl (C=O) groups is 1. The minimum atomic E-state index is -0.131. The number of hydrogen-bond acceptors (Lipinski definition) is 5. The van der Waals surface area contributed by atoms with Crippen LogP contribution in [0.2, 0.25) is 5.15 Å². The van der Waals surface area contributed by atoms with Crippen LogP contribution >= 0.6 is 23.4 Å². The van der Waals surface area contributed by atoms with Crippen molar-refractivity contribution in [3.05, 3.63) is 75.9 Å². The minimum absolute atomic E-state index is 0.131. The van der Waals surface area contributed by atoms with E-state index in [9.17, 15) is 4.79 Å². The molecular formula is C22H23ClN4OS. The van der Waals surface area contributed by atoms with Crippen molar-refractivity contribution in [2.75, 3.05) is 24.3 Å². The van der Waals surface area contributed by atoms with E-state index in [-0.39, 0.29) is 5.91 Å². The van der Waals surface area contributed by atoms with Gasteiger partial charge in [-0.25, -0.2) is 9.97 Å². The third kappa shape index (κ3) is 5.71. The first-order valence-electron chi connectivity index (χ1n) is 9.14. The van der Waals surface area contributed by atoms with Crippen molar-refractivity contribution in [2.45, 2.75) is 24.8 Å². The molecule has 0 bridgehead atoms. The van der Waals surface area contributed by atoms with E-state index < -0.39 is 0 Å². The monoisotopic (exact) mass is 426 g/mol. The maximum Gasteiger partial charge on any atom is 0.255 e. The molecule has 2 aromatic carbocycles. The number of anilines is 2. The molecule has 1 aromatic heterocycles. The van der Waals surface area contributed by atoms with Crippen molar-refractivity contribution in [1.29, 1.82) is 0 Å². The SMILES string of the molecule is Cc1ccc(NC(=O)c2cccc(CSc3nc(Cl)cc(N(C)C)n3)c2)cc1C. The van der Waals surface area contributed by atoms with Gasteiger partial charge in [-0.15, -0.1) is 0 Å². The average Bonchev–Trinajstić information content (AvgIpc) is 2.69. The van der Waals surface area contributed by atoms with Crippen molar-refractivity contribution in [3.8, 4) is 0 Å². The summed E-state index contributed by atoms with van der Waals surface area (Å²) in [4.78, 5) is 23.3. The molecule has 1 amide bonds. The van der Waals surface area contributed by atoms with Gasteiger partial charge in [-0.1, -0.05) is 41.6 Å². The number of halogens is 1. The molecule has 0 aliphatic carbocycles. The average molecular weight is 427 g/mol. The Kier molecular flexibility index (Phi) is 6.77. The lowest BCUT2D eigenvalue weighted by atomic mass is 10.1. The van der Waals surface area contributed by atoms with E-state index in [0.29, 0.717) is 21.6 Å². The first-order valence-corrected chi connectivity index (χ1v) is 10.5. The van der Waals surface area contributed by atoms with Crippen LogP contribution in [0.1, 0.15) is 27.0 Å². The molecule has 3 aromatic rings. The molecule has 0 atom stereocenters. The normalized spacial score (nSPS) is 10.7. The second kappa shape index (κ2) is 9.29. The second-order valence-corrected chi connectivity index (χ2v) is 8.30. The van der Waals surface area contributed by atoms with Gasteiger partial charge < -0.3 is 10.2 Å². The topological polar surface area (TPSA) is 58.1 Å². The Hall–Kier alpha value is -2.57. The molecule has 150 valence electrons. The maximum atomic E-state index is 12.6. The van der Waals surface area contributed by atoms with E-state index in [1.807, 2.05) is 75.3 Å². The van der Waals surface area contributed by atoms with Crippen LogP contribution < -0.4 is 10.2 Å². The summed E-state index contributed by atoms with van der Waals surface area (Å²) >= 11 is 7.58. The first kappa shape index (κ1) is 21.1. The van der Waals surface area contributed by atoms with E-state index in [1.165, 1.54) is 17.3 Å². The lowest BCUT2D eigenvalue weighted by Gasteiger charge is -2.12. The van der Waals surface area contributed by atoms with Crippen LogP contribution in [0, 0.1) is 13.8 Å². The van der Waals surface area contributed by atoms with Crippen LogP contribution in [-0.4, -0.2) is 30.0 Å². The van der Waals surface area contributed by atoms with Gasteiger partial charge in [0, 0.05) is 37.2 Å². The number of benzene rings is 2. The van der Waals surface area contributed by atoms with Crippen LogP contribution in [0.15, 0.2) is 53.7 Å². The quantitative estimate of drug-likeness (QED) is 0.326. The lowest BCUT2D eigenvalue weighted by molar-refractivity contribution is 0.102. The fourth-order valence-corrected chi connectivity index (χ4v) is 3.68. The standard InChI is InChI=1S/C22H23ClN4OS/c1-14-8-9-18(10-15(14)2)24-21(28)17-7-5-6-16(11-17)13-29-22-25-19(23)12-20(26-22)27(3)4/h5-12H,13H2,1-4H3,(H,24,28). The molecule has 0 spiro atoms. The number of aryl methyl sites for hydroxylation is 2. The largest absolute Gasteiger partial charge is 0.363 e. The Morgan fingerprint density at radius 1 is 1.07 bits per heavy atom. The van der Waals surface area contributed by atoms with Crippen LogP contribution in [-0.2, 0) is 5.75 Å². The van der Waals surface area contributed by atoms with E-state index in [4.69, 9.17) is 11.6 Å². The molecule has 5 nitrogen and oxygen atoms in total. The summed E-state index contributed by atoms with van der Waals surface area (Å²) in [7, 11) is 3.81. The van der Waals surface area contributed by atoms with Gasteiger partial charge in [-0.2, -0.15) is 0 Å². The van der Waals surface area contributed by atoms with Crippen molar-refractivity contribution < 1.29 is 4.79 Å². The number of nitrogens with one attached hydrogen (secondary N) is 1. The Bertz CT molecular complexity index is 1040. The molecule has 1 N–H and O–H groups in total. The van der Waals surface area contributed by atoms with Crippen molar-refractivity contribution >= 4 is 40.8 Å². The lowest BCUT2D eigenvalue weighted by Crippen LogP contribution is -2.12. The smallest absolute Gasteiger partial charge is 0.255 e. The number of carbonyl (C=O) groups excluding carboxylic acids is 1. The number of amides is 1. The van der Waals surface area contributed by atoms with Crippen LogP contribution in [0.5, 0.6) is 0 Å². The number of aromatic nitrogens is 2. The summed E-state index contributed by atoms with van der Waals surface area (Å²) in [6.07, 6.45) is 0. The van der Waals surface area contributed by atoms with Crippen molar-refractivity contribution in [1.82, 2.24) is 9.97 Å². The highest BCUT2D eigenvalue weighted by Crippen LogP contribution is 2.24. The van der Waals surface area contributed by atoms with Crippen LogP contribution in [0.3, 0.4) is 0 Å². The molecule has 0 saturated heterocycles. The molecule has 29 heavy (non-hydrogen) atoms. The molecule has 0 unspecified atom stereocenters. The first-order chi connectivity index (χ1) is 13.8. The maximum absolute atomic E-state index is 12.6. The molecule has 7 heteroatoms. The summed E-state index contributed by atoms with van der Waals surface area (Å²) in [5.74, 6) is 1.26. The van der Waals surface area contributed by atoms with E-state index >= 15 is 0 Å².